The first-order chi connectivity index (χ1) is 18.9. The van der Waals surface area contributed by atoms with E-state index in [2.05, 4.69) is 64.3 Å². The number of nitrogens with zero attached hydrogens (tertiary/aromatic N) is 4. The quantitative estimate of drug-likeness (QED) is 0.214. The minimum absolute atomic E-state index is 0.0197. The molecule has 0 spiro atoms. The average molecular weight is 600 g/mol. The molecule has 4 aromatic rings. The van der Waals surface area contributed by atoms with Crippen LogP contribution in [0.2, 0.25) is 0 Å². The normalized spacial score (nSPS) is 10.9. The second-order valence-electron chi connectivity index (χ2n) is 6.02. The summed E-state index contributed by atoms with van der Waals surface area (Å²) in [6.45, 7) is 0.584. The fourth-order valence-electron chi connectivity index (χ4n) is 2.20. The van der Waals surface area contributed by atoms with E-state index in [1.165, 1.54) is 36.0 Å². The Morgan fingerprint density at radius 1 is 0.944 bits per heavy atom. The Morgan fingerprint density at radius 2 is 1.44 bits per heavy atom. The lowest BCUT2D eigenvalue weighted by atomic mass is 10.3. The standard InChI is InChI=1S/C12H9FN2OS.C11H8N2OS.CH3Br.F2/c1-9-15-11(7-17-9)3-2-10-4-12(16-8-13)6-14-5-10;1-8-13-10(7-15-8)3-2-9-4-11(14)6-12-5-9;2*1-2/h4-7H,8H2,1H3;4-7,14H,1H3;1H3;/i8D2,13-1;;1D2;1-1. The molecule has 0 atom stereocenters. The molecule has 12 heteroatoms. The number of aromatic hydroxyl groups is 1. The maximum Gasteiger partial charge on any atom is 0.228 e. The molecular weight excluding hydrogens is 575 g/mol. The molecule has 0 saturated heterocycles. The number of halogens is 4. The van der Waals surface area contributed by atoms with Gasteiger partial charge in [0.1, 0.15) is 25.6 Å². The Labute approximate surface area is 228 Å². The van der Waals surface area contributed by atoms with Gasteiger partial charge in [0.05, 0.1) is 22.4 Å². The van der Waals surface area contributed by atoms with Crippen LogP contribution in [0, 0.1) is 37.5 Å². The van der Waals surface area contributed by atoms with Gasteiger partial charge < -0.3 is 9.84 Å². The van der Waals surface area contributed by atoms with Crippen molar-refractivity contribution >= 4 is 38.6 Å². The average Bonchev–Trinajstić information content (AvgIpc) is 3.49. The van der Waals surface area contributed by atoms with Gasteiger partial charge in [0, 0.05) is 46.2 Å². The minimum atomic E-state index is -3.24. The Bertz CT molecular complexity index is 1460. The molecule has 36 heavy (non-hydrogen) atoms. The van der Waals surface area contributed by atoms with Gasteiger partial charge in [0.15, 0.2) is 0 Å². The minimum Gasteiger partial charge on any atom is -0.506 e. The third kappa shape index (κ3) is 11.8. The van der Waals surface area contributed by atoms with Crippen LogP contribution in [0.25, 0.3) is 0 Å². The lowest BCUT2D eigenvalue weighted by molar-refractivity contribution is 0.108. The molecule has 0 bridgehead atoms. The van der Waals surface area contributed by atoms with Gasteiger partial charge in [-0.3, -0.25) is 9.97 Å². The summed E-state index contributed by atoms with van der Waals surface area (Å²) >= 11 is 5.67. The van der Waals surface area contributed by atoms with Gasteiger partial charge in [-0.2, -0.15) is 0 Å². The number of rotatable bonds is 2. The van der Waals surface area contributed by atoms with Crippen molar-refractivity contribution in [3.8, 4) is 35.2 Å². The van der Waals surface area contributed by atoms with E-state index in [0.717, 1.165) is 15.7 Å². The number of hydrogen-bond acceptors (Lipinski definition) is 8. The molecule has 4 rings (SSSR count). The first-order valence-electron chi connectivity index (χ1n) is 11.5. The fraction of sp³-hybridized carbons (Fsp3) is 0.167. The van der Waals surface area contributed by atoms with Crippen molar-refractivity contribution < 1.29 is 28.9 Å². The van der Waals surface area contributed by atoms with Crippen LogP contribution in [-0.2, 0) is 0 Å². The first-order valence-corrected chi connectivity index (χ1v) is 12.1. The maximum absolute atomic E-state index is 12.7. The summed E-state index contributed by atoms with van der Waals surface area (Å²) in [6, 6.07) is 2.98. The second-order valence-corrected chi connectivity index (χ2v) is 8.15. The monoisotopic (exact) mass is 598 g/mol. The topological polar surface area (TPSA) is 81.0 Å². The van der Waals surface area contributed by atoms with Crippen LogP contribution in [0.1, 0.15) is 38.0 Å². The van der Waals surface area contributed by atoms with Gasteiger partial charge in [-0.05, 0) is 43.6 Å². The van der Waals surface area contributed by atoms with Gasteiger partial charge in [-0.1, -0.05) is 27.8 Å². The highest BCUT2D eigenvalue weighted by Gasteiger charge is 1.96. The fourth-order valence-corrected chi connectivity index (χ4v) is 3.29. The SMILES string of the molecule is Cc1nc(C#Cc2cncc(O)c2)cs1.F[18F].[2H]C([2H])([18F])Oc1cncc(C#Cc2csc(C)n2)c1.[2H]C([2H])Br. The number of aryl methyl sites for hydroxylation is 2. The molecule has 4 heterocycles. The summed E-state index contributed by atoms with van der Waals surface area (Å²) in [5, 5.41) is 14.8. The number of thiazole rings is 2. The largest absolute Gasteiger partial charge is 0.506 e. The lowest BCUT2D eigenvalue weighted by Gasteiger charge is -1.99. The third-order valence-electron chi connectivity index (χ3n) is 3.50. The Morgan fingerprint density at radius 3 is 1.89 bits per heavy atom. The molecule has 0 saturated carbocycles. The molecule has 0 aliphatic rings. The van der Waals surface area contributed by atoms with Gasteiger partial charge in [-0.15, -0.1) is 22.7 Å². The molecule has 188 valence electrons. The van der Waals surface area contributed by atoms with Crippen molar-refractivity contribution in [1.29, 1.82) is 0 Å². The van der Waals surface area contributed by atoms with Gasteiger partial charge in [0.25, 0.3) is 0 Å². The maximum atomic E-state index is 12.7. The lowest BCUT2D eigenvalue weighted by Crippen LogP contribution is -1.91. The van der Waals surface area contributed by atoms with E-state index in [0.29, 0.717) is 16.8 Å². The molecule has 0 aliphatic heterocycles. The predicted molar refractivity (Wildman–Crippen MR) is 139 cm³/mol. The summed E-state index contributed by atoms with van der Waals surface area (Å²) in [5.41, 5.74) is 2.57. The van der Waals surface area contributed by atoms with Crippen molar-refractivity contribution in [2.45, 2.75) is 13.8 Å². The number of pyridine rings is 2. The van der Waals surface area contributed by atoms with E-state index in [9.17, 15) is 9.50 Å². The predicted octanol–water partition coefficient (Wildman–Crippen LogP) is 6.36. The van der Waals surface area contributed by atoms with Crippen LogP contribution in [-0.4, -0.2) is 37.6 Å². The molecular formula is C24H20BrF3N4O2S2. The summed E-state index contributed by atoms with van der Waals surface area (Å²) in [6.07, 6.45) is 5.67. The van der Waals surface area contributed by atoms with E-state index in [1.807, 2.05) is 24.6 Å². The van der Waals surface area contributed by atoms with Crippen LogP contribution < -0.4 is 4.74 Å². The molecule has 4 aromatic heterocycles. The van der Waals surface area contributed by atoms with Crippen molar-refractivity contribution in [1.82, 2.24) is 19.9 Å². The van der Waals surface area contributed by atoms with Crippen LogP contribution in [0.4, 0.5) is 13.5 Å². The second kappa shape index (κ2) is 17.9. The highest BCUT2D eigenvalue weighted by Crippen LogP contribution is 2.11. The summed E-state index contributed by atoms with van der Waals surface area (Å²) in [7, 11) is 0. The number of ether oxygens (including phenoxy) is 1. The van der Waals surface area contributed by atoms with Gasteiger partial charge in [0.2, 0.25) is 6.81 Å². The van der Waals surface area contributed by atoms with E-state index in [-0.39, 0.29) is 11.5 Å². The van der Waals surface area contributed by atoms with E-state index < -0.39 is 12.6 Å². The molecule has 0 fully saturated rings. The molecule has 0 aromatic carbocycles. The Kier molecular flexibility index (Phi) is 12.1. The van der Waals surface area contributed by atoms with Crippen molar-refractivity contribution in [3.63, 3.8) is 0 Å². The van der Waals surface area contributed by atoms with Crippen LogP contribution in [0.3, 0.4) is 0 Å². The van der Waals surface area contributed by atoms with Crippen molar-refractivity contribution in [2.75, 3.05) is 12.6 Å². The van der Waals surface area contributed by atoms with Gasteiger partial charge >= 0.3 is 0 Å². The number of hydrogen-bond donors (Lipinski definition) is 1. The van der Waals surface area contributed by atoms with Crippen LogP contribution >= 0.6 is 38.6 Å². The summed E-state index contributed by atoms with van der Waals surface area (Å²) in [5.74, 6) is 10.7. The van der Waals surface area contributed by atoms with E-state index in [1.54, 1.807) is 23.6 Å². The zero-order valence-electron chi connectivity index (χ0n) is 22.7. The van der Waals surface area contributed by atoms with Crippen molar-refractivity contribution in [3.05, 3.63) is 80.2 Å². The molecule has 1 N–H and O–H groups in total. The van der Waals surface area contributed by atoms with E-state index >= 15 is 0 Å². The highest BCUT2D eigenvalue weighted by atomic mass is 79.9. The summed E-state index contributed by atoms with van der Waals surface area (Å²) < 4.78 is 58.8. The highest BCUT2D eigenvalue weighted by molar-refractivity contribution is 9.08. The van der Waals surface area contributed by atoms with Crippen LogP contribution in [0.5, 0.6) is 11.5 Å². The first kappa shape index (κ1) is 24.3. The molecule has 0 radical (unpaired) electrons. The van der Waals surface area contributed by atoms with Crippen molar-refractivity contribution in [2.24, 2.45) is 0 Å². The molecule has 0 amide bonds. The van der Waals surface area contributed by atoms with Gasteiger partial charge in [-0.25, -0.2) is 14.4 Å². The Hall–Kier alpha value is -3.45. The Balaban J connectivity index is 0.000000340. The van der Waals surface area contributed by atoms with E-state index in [4.69, 9.17) is 14.6 Å². The zero-order valence-corrected chi connectivity index (χ0v) is 21.9. The number of alkyl halides is 2. The molecule has 6 nitrogen and oxygen atoms in total. The zero-order chi connectivity index (χ0) is 30.1. The molecule has 0 aliphatic carbocycles. The number of aromatic nitrogens is 4. The third-order valence-corrected chi connectivity index (χ3v) is 5.05. The molecule has 0 unspecified atom stereocenters. The smallest absolute Gasteiger partial charge is 0.228 e. The van der Waals surface area contributed by atoms with Crippen LogP contribution in [0.15, 0.2) is 47.7 Å². The summed E-state index contributed by atoms with van der Waals surface area (Å²) in [4.78, 5) is 16.0.